The van der Waals surface area contributed by atoms with Gasteiger partial charge in [-0.25, -0.2) is 0 Å². The zero-order valence-electron chi connectivity index (χ0n) is 14.0. The van der Waals surface area contributed by atoms with Crippen LogP contribution in [0.4, 0.5) is 0 Å². The molecule has 0 aromatic heterocycles. The third-order valence-electron chi connectivity index (χ3n) is 5.44. The Hall–Kier alpha value is -1.71. The minimum atomic E-state index is 0.233. The zero-order valence-corrected chi connectivity index (χ0v) is 14.8. The van der Waals surface area contributed by atoms with Gasteiger partial charge in [-0.05, 0) is 48.6 Å². The molecule has 1 fully saturated rings. The number of hydrogen-bond donors (Lipinski definition) is 1. The second-order valence-electron chi connectivity index (χ2n) is 6.54. The number of rotatable bonds is 3. The number of benzene rings is 2. The minimum Gasteiger partial charge on any atom is -0.493 e. The van der Waals surface area contributed by atoms with Crippen molar-refractivity contribution in [2.75, 3.05) is 20.8 Å². The summed E-state index contributed by atoms with van der Waals surface area (Å²) in [4.78, 5) is 0. The standard InChI is InChI=1S/C20H22ClNO2/c1-23-16-10-9-14-18(20(16)24-2)17(12-6-3-4-8-15(12)21)13-7-5-11-22-19(13)14/h3-4,6,8-10,13,17,19,22H,5,7,11H2,1-2H3. The third-order valence-corrected chi connectivity index (χ3v) is 5.78. The summed E-state index contributed by atoms with van der Waals surface area (Å²) in [5.74, 6) is 2.36. The zero-order chi connectivity index (χ0) is 16.7. The molecule has 0 radical (unpaired) electrons. The van der Waals surface area contributed by atoms with Crippen LogP contribution in [0.25, 0.3) is 0 Å². The number of methoxy groups -OCH3 is 2. The van der Waals surface area contributed by atoms with Crippen molar-refractivity contribution in [1.82, 2.24) is 5.32 Å². The first-order chi connectivity index (χ1) is 11.8. The van der Waals surface area contributed by atoms with Crippen molar-refractivity contribution in [2.24, 2.45) is 5.92 Å². The fraction of sp³-hybridized carbons (Fsp3) is 0.400. The normalized spacial score (nSPS) is 25.0. The molecule has 0 amide bonds. The van der Waals surface area contributed by atoms with E-state index in [9.17, 15) is 0 Å². The summed E-state index contributed by atoms with van der Waals surface area (Å²) in [6.45, 7) is 1.06. The van der Waals surface area contributed by atoms with E-state index in [0.29, 0.717) is 12.0 Å². The van der Waals surface area contributed by atoms with Gasteiger partial charge >= 0.3 is 0 Å². The van der Waals surface area contributed by atoms with Gasteiger partial charge in [-0.2, -0.15) is 0 Å². The highest BCUT2D eigenvalue weighted by Crippen LogP contribution is 2.57. The van der Waals surface area contributed by atoms with E-state index in [2.05, 4.69) is 23.5 Å². The Kier molecular flexibility index (Phi) is 4.15. The SMILES string of the molecule is COc1ccc2c(c1OC)C(c1ccccc1Cl)C1CCCNC21. The largest absolute Gasteiger partial charge is 0.493 e. The third kappa shape index (κ3) is 2.30. The molecule has 4 heteroatoms. The molecule has 24 heavy (non-hydrogen) atoms. The predicted octanol–water partition coefficient (Wildman–Crippen LogP) is 4.54. The van der Waals surface area contributed by atoms with Crippen LogP contribution < -0.4 is 14.8 Å². The summed E-state index contributed by atoms with van der Waals surface area (Å²) in [6.07, 6.45) is 2.38. The van der Waals surface area contributed by atoms with E-state index in [1.807, 2.05) is 18.2 Å². The second-order valence-corrected chi connectivity index (χ2v) is 6.95. The number of nitrogens with one attached hydrogen (secondary N) is 1. The molecule has 0 spiro atoms. The molecule has 2 aromatic rings. The number of ether oxygens (including phenoxy) is 2. The lowest BCUT2D eigenvalue weighted by Crippen LogP contribution is -2.32. The first-order valence-corrected chi connectivity index (χ1v) is 8.86. The fourth-order valence-electron chi connectivity index (χ4n) is 4.50. The average Bonchev–Trinajstić information content (AvgIpc) is 2.96. The number of hydrogen-bond acceptors (Lipinski definition) is 3. The number of fused-ring (bicyclic) bond motifs is 3. The van der Waals surface area contributed by atoms with Gasteiger partial charge in [-0.3, -0.25) is 0 Å². The van der Waals surface area contributed by atoms with Crippen LogP contribution in [0.5, 0.6) is 11.5 Å². The second kappa shape index (κ2) is 6.30. The first kappa shape index (κ1) is 15.8. The van der Waals surface area contributed by atoms with Gasteiger partial charge in [0.25, 0.3) is 0 Å². The fourth-order valence-corrected chi connectivity index (χ4v) is 4.75. The lowest BCUT2D eigenvalue weighted by Gasteiger charge is -2.31. The topological polar surface area (TPSA) is 30.5 Å². The molecular formula is C20H22ClNO2. The van der Waals surface area contributed by atoms with Crippen LogP contribution in [-0.2, 0) is 0 Å². The summed E-state index contributed by atoms with van der Waals surface area (Å²) in [7, 11) is 3.41. The summed E-state index contributed by atoms with van der Waals surface area (Å²) < 4.78 is 11.3. The minimum absolute atomic E-state index is 0.233. The molecule has 3 nitrogen and oxygen atoms in total. The van der Waals surface area contributed by atoms with E-state index in [4.69, 9.17) is 21.1 Å². The van der Waals surface area contributed by atoms with Gasteiger partial charge in [0.15, 0.2) is 11.5 Å². The van der Waals surface area contributed by atoms with Crippen LogP contribution >= 0.6 is 11.6 Å². The molecule has 1 saturated heterocycles. The molecule has 2 aromatic carbocycles. The van der Waals surface area contributed by atoms with Gasteiger partial charge in [0.05, 0.1) is 14.2 Å². The highest BCUT2D eigenvalue weighted by atomic mass is 35.5. The van der Waals surface area contributed by atoms with Gasteiger partial charge in [0, 0.05) is 22.5 Å². The van der Waals surface area contributed by atoms with Crippen molar-refractivity contribution < 1.29 is 9.47 Å². The molecule has 3 atom stereocenters. The molecule has 2 aliphatic rings. The summed E-state index contributed by atoms with van der Waals surface area (Å²) in [5, 5.41) is 4.53. The van der Waals surface area contributed by atoms with Crippen molar-refractivity contribution in [3.8, 4) is 11.5 Å². The quantitative estimate of drug-likeness (QED) is 0.887. The van der Waals surface area contributed by atoms with E-state index in [0.717, 1.165) is 23.1 Å². The van der Waals surface area contributed by atoms with Crippen LogP contribution in [0.15, 0.2) is 36.4 Å². The Bertz CT molecular complexity index is 761. The van der Waals surface area contributed by atoms with Crippen LogP contribution in [0, 0.1) is 5.92 Å². The molecule has 1 aliphatic heterocycles. The van der Waals surface area contributed by atoms with E-state index in [1.54, 1.807) is 14.2 Å². The van der Waals surface area contributed by atoms with Crippen LogP contribution in [0.2, 0.25) is 5.02 Å². The van der Waals surface area contributed by atoms with Crippen LogP contribution in [-0.4, -0.2) is 20.8 Å². The van der Waals surface area contributed by atoms with Crippen molar-refractivity contribution in [3.63, 3.8) is 0 Å². The Morgan fingerprint density at radius 3 is 2.62 bits per heavy atom. The monoisotopic (exact) mass is 343 g/mol. The number of piperidine rings is 1. The van der Waals surface area contributed by atoms with E-state index >= 15 is 0 Å². The predicted molar refractivity (Wildman–Crippen MR) is 96.3 cm³/mol. The molecule has 4 rings (SSSR count). The van der Waals surface area contributed by atoms with Crippen molar-refractivity contribution in [1.29, 1.82) is 0 Å². The van der Waals surface area contributed by atoms with Crippen molar-refractivity contribution >= 4 is 11.6 Å². The van der Waals surface area contributed by atoms with Crippen molar-refractivity contribution in [2.45, 2.75) is 24.8 Å². The lowest BCUT2D eigenvalue weighted by atomic mass is 9.80. The van der Waals surface area contributed by atoms with Crippen LogP contribution in [0.3, 0.4) is 0 Å². The van der Waals surface area contributed by atoms with E-state index in [-0.39, 0.29) is 5.92 Å². The summed E-state index contributed by atoms with van der Waals surface area (Å²) in [5.41, 5.74) is 3.74. The van der Waals surface area contributed by atoms with Gasteiger partial charge in [-0.15, -0.1) is 0 Å². The highest BCUT2D eigenvalue weighted by Gasteiger charge is 2.45. The van der Waals surface area contributed by atoms with Gasteiger partial charge < -0.3 is 14.8 Å². The summed E-state index contributed by atoms with van der Waals surface area (Å²) in [6, 6.07) is 12.7. The highest BCUT2D eigenvalue weighted by molar-refractivity contribution is 6.31. The van der Waals surface area contributed by atoms with Crippen molar-refractivity contribution in [3.05, 3.63) is 58.1 Å². The molecule has 1 aliphatic carbocycles. The number of halogens is 1. The Morgan fingerprint density at radius 1 is 1.04 bits per heavy atom. The van der Waals surface area contributed by atoms with Gasteiger partial charge in [0.1, 0.15) is 0 Å². The molecule has 0 saturated carbocycles. The molecular weight excluding hydrogens is 322 g/mol. The van der Waals surface area contributed by atoms with E-state index in [1.165, 1.54) is 29.5 Å². The smallest absolute Gasteiger partial charge is 0.164 e. The Labute approximate surface area is 147 Å². The maximum absolute atomic E-state index is 6.58. The summed E-state index contributed by atoms with van der Waals surface area (Å²) >= 11 is 6.58. The van der Waals surface area contributed by atoms with Gasteiger partial charge in [-0.1, -0.05) is 35.9 Å². The first-order valence-electron chi connectivity index (χ1n) is 8.48. The lowest BCUT2D eigenvalue weighted by molar-refractivity contribution is 0.285. The van der Waals surface area contributed by atoms with Crippen LogP contribution in [0.1, 0.15) is 41.5 Å². The van der Waals surface area contributed by atoms with Gasteiger partial charge in [0.2, 0.25) is 0 Å². The maximum atomic E-state index is 6.58. The molecule has 126 valence electrons. The molecule has 0 bridgehead atoms. The van der Waals surface area contributed by atoms with E-state index < -0.39 is 0 Å². The molecule has 1 heterocycles. The molecule has 3 unspecified atom stereocenters. The molecule has 1 N–H and O–H groups in total. The Morgan fingerprint density at radius 2 is 1.88 bits per heavy atom. The average molecular weight is 344 g/mol. The Balaban J connectivity index is 1.95. The maximum Gasteiger partial charge on any atom is 0.164 e.